The van der Waals surface area contributed by atoms with Crippen LogP contribution in [0.15, 0.2) is 36.4 Å². The van der Waals surface area contributed by atoms with Gasteiger partial charge in [0.1, 0.15) is 18.7 Å². The molecule has 0 heterocycles. The fraction of sp³-hybridized carbons (Fsp3) is 0.188. The monoisotopic (exact) mass is 308 g/mol. The fourth-order valence-electron chi connectivity index (χ4n) is 1.78. The molecule has 2 rings (SSSR count). The van der Waals surface area contributed by atoms with Crippen molar-refractivity contribution < 1.29 is 18.7 Å². The molecule has 0 saturated carbocycles. The van der Waals surface area contributed by atoms with Gasteiger partial charge in [-0.25, -0.2) is 4.39 Å². The van der Waals surface area contributed by atoms with E-state index in [4.69, 9.17) is 21.1 Å². The minimum atomic E-state index is -0.467. The van der Waals surface area contributed by atoms with Gasteiger partial charge in [0.2, 0.25) is 0 Å². The van der Waals surface area contributed by atoms with Crippen LogP contribution < -0.4 is 9.47 Å². The maximum absolute atomic E-state index is 13.1. The maximum atomic E-state index is 13.1. The Labute approximate surface area is 127 Å². The number of carbonyl (C=O) groups is 1. The van der Waals surface area contributed by atoms with Crippen molar-refractivity contribution in [1.82, 2.24) is 0 Å². The molecule has 0 aromatic heterocycles. The standard InChI is InChI=1S/C16H14ClFO3/c1-2-20-16-8-11(9-19)4-6-15(16)21-10-12-3-5-14(18)13(17)7-12/h3-9H,2,10H2,1H3. The Morgan fingerprint density at radius 2 is 1.95 bits per heavy atom. The molecule has 0 aliphatic heterocycles. The summed E-state index contributed by atoms with van der Waals surface area (Å²) < 4.78 is 24.2. The van der Waals surface area contributed by atoms with Crippen molar-refractivity contribution in [2.45, 2.75) is 13.5 Å². The number of rotatable bonds is 6. The lowest BCUT2D eigenvalue weighted by Crippen LogP contribution is -2.00. The second-order valence-electron chi connectivity index (χ2n) is 4.29. The average Bonchev–Trinajstić information content (AvgIpc) is 2.49. The first-order valence-electron chi connectivity index (χ1n) is 6.42. The van der Waals surface area contributed by atoms with Gasteiger partial charge in [0.05, 0.1) is 11.6 Å². The maximum Gasteiger partial charge on any atom is 0.161 e. The van der Waals surface area contributed by atoms with Crippen LogP contribution in [0.4, 0.5) is 4.39 Å². The van der Waals surface area contributed by atoms with E-state index in [-0.39, 0.29) is 11.6 Å². The number of hydrogen-bond acceptors (Lipinski definition) is 3. The van der Waals surface area contributed by atoms with E-state index in [9.17, 15) is 9.18 Å². The Balaban J connectivity index is 2.14. The molecule has 0 unspecified atom stereocenters. The first-order chi connectivity index (χ1) is 10.1. The Kier molecular flexibility index (Phi) is 5.17. The van der Waals surface area contributed by atoms with Gasteiger partial charge in [0.15, 0.2) is 11.5 Å². The van der Waals surface area contributed by atoms with Crippen molar-refractivity contribution in [2.75, 3.05) is 6.61 Å². The summed E-state index contributed by atoms with van der Waals surface area (Å²) >= 11 is 5.72. The smallest absolute Gasteiger partial charge is 0.161 e. The molecule has 0 N–H and O–H groups in total. The largest absolute Gasteiger partial charge is 0.490 e. The van der Waals surface area contributed by atoms with Gasteiger partial charge in [-0.15, -0.1) is 0 Å². The number of benzene rings is 2. The molecule has 0 bridgehead atoms. The predicted molar refractivity (Wildman–Crippen MR) is 78.7 cm³/mol. The molecule has 2 aromatic carbocycles. The topological polar surface area (TPSA) is 35.5 Å². The molecule has 3 nitrogen and oxygen atoms in total. The molecule has 0 fully saturated rings. The van der Waals surface area contributed by atoms with Crippen LogP contribution in [0.1, 0.15) is 22.8 Å². The van der Waals surface area contributed by atoms with E-state index in [0.717, 1.165) is 11.8 Å². The summed E-state index contributed by atoms with van der Waals surface area (Å²) in [6.07, 6.45) is 0.742. The van der Waals surface area contributed by atoms with Crippen molar-refractivity contribution in [3.8, 4) is 11.5 Å². The molecule has 5 heteroatoms. The van der Waals surface area contributed by atoms with Crippen molar-refractivity contribution >= 4 is 17.9 Å². The molecule has 0 spiro atoms. The van der Waals surface area contributed by atoms with Crippen LogP contribution in [0, 0.1) is 5.82 Å². The third kappa shape index (κ3) is 3.95. The number of halogens is 2. The van der Waals surface area contributed by atoms with Gasteiger partial charge in [-0.3, -0.25) is 4.79 Å². The van der Waals surface area contributed by atoms with E-state index >= 15 is 0 Å². The summed E-state index contributed by atoms with van der Waals surface area (Å²) in [5.74, 6) is 0.545. The van der Waals surface area contributed by atoms with E-state index < -0.39 is 5.82 Å². The molecule has 21 heavy (non-hydrogen) atoms. The van der Waals surface area contributed by atoms with E-state index in [1.165, 1.54) is 12.1 Å². The Morgan fingerprint density at radius 1 is 1.14 bits per heavy atom. The molecule has 0 saturated heterocycles. The van der Waals surface area contributed by atoms with E-state index in [1.807, 2.05) is 6.92 Å². The van der Waals surface area contributed by atoms with Gasteiger partial charge in [0.25, 0.3) is 0 Å². The van der Waals surface area contributed by atoms with E-state index in [1.54, 1.807) is 24.3 Å². The average molecular weight is 309 g/mol. The first-order valence-corrected chi connectivity index (χ1v) is 6.80. The quantitative estimate of drug-likeness (QED) is 0.748. The highest BCUT2D eigenvalue weighted by molar-refractivity contribution is 6.30. The van der Waals surface area contributed by atoms with Crippen LogP contribution >= 0.6 is 11.6 Å². The van der Waals surface area contributed by atoms with Crippen molar-refractivity contribution in [1.29, 1.82) is 0 Å². The summed E-state index contributed by atoms with van der Waals surface area (Å²) in [5.41, 5.74) is 1.25. The van der Waals surface area contributed by atoms with Crippen molar-refractivity contribution in [3.05, 3.63) is 58.4 Å². The van der Waals surface area contributed by atoms with Crippen LogP contribution in [-0.4, -0.2) is 12.9 Å². The molecule has 0 aliphatic rings. The number of hydrogen-bond donors (Lipinski definition) is 0. The lowest BCUT2D eigenvalue weighted by atomic mass is 10.2. The predicted octanol–water partition coefficient (Wildman–Crippen LogP) is 4.27. The van der Waals surface area contributed by atoms with E-state index in [0.29, 0.717) is 23.7 Å². The lowest BCUT2D eigenvalue weighted by Gasteiger charge is -2.12. The highest BCUT2D eigenvalue weighted by atomic mass is 35.5. The second kappa shape index (κ2) is 7.09. The van der Waals surface area contributed by atoms with Crippen molar-refractivity contribution in [3.63, 3.8) is 0 Å². The summed E-state index contributed by atoms with van der Waals surface area (Å²) in [5, 5.41) is 0.0532. The molecule has 0 aliphatic carbocycles. The van der Waals surface area contributed by atoms with Crippen LogP contribution in [0.25, 0.3) is 0 Å². The number of aldehydes is 1. The zero-order valence-corrected chi connectivity index (χ0v) is 12.2. The molecule has 110 valence electrons. The van der Waals surface area contributed by atoms with Gasteiger partial charge in [0, 0.05) is 5.56 Å². The minimum Gasteiger partial charge on any atom is -0.490 e. The van der Waals surface area contributed by atoms with Gasteiger partial charge in [-0.1, -0.05) is 17.7 Å². The number of ether oxygens (including phenoxy) is 2. The van der Waals surface area contributed by atoms with Gasteiger partial charge < -0.3 is 9.47 Å². The van der Waals surface area contributed by atoms with Gasteiger partial charge in [-0.05, 0) is 42.8 Å². The third-order valence-electron chi connectivity index (χ3n) is 2.78. The Morgan fingerprint density at radius 3 is 2.62 bits per heavy atom. The zero-order valence-electron chi connectivity index (χ0n) is 11.4. The minimum absolute atomic E-state index is 0.0532. The molecule has 0 amide bonds. The molecule has 2 aromatic rings. The first kappa shape index (κ1) is 15.3. The van der Waals surface area contributed by atoms with Crippen LogP contribution in [0.5, 0.6) is 11.5 Å². The normalized spacial score (nSPS) is 10.2. The van der Waals surface area contributed by atoms with E-state index in [2.05, 4.69) is 0 Å². The zero-order chi connectivity index (χ0) is 15.2. The summed E-state index contributed by atoms with van der Waals surface area (Å²) in [6.45, 7) is 2.53. The Hall–Kier alpha value is -2.07. The molecule has 0 atom stereocenters. The molecular formula is C16H14ClFO3. The van der Waals surface area contributed by atoms with Crippen molar-refractivity contribution in [2.24, 2.45) is 0 Å². The lowest BCUT2D eigenvalue weighted by molar-refractivity contribution is 0.112. The molecular weight excluding hydrogens is 295 g/mol. The van der Waals surface area contributed by atoms with Crippen LogP contribution in [0.2, 0.25) is 5.02 Å². The highest BCUT2D eigenvalue weighted by Gasteiger charge is 2.08. The van der Waals surface area contributed by atoms with Crippen LogP contribution in [-0.2, 0) is 6.61 Å². The van der Waals surface area contributed by atoms with Gasteiger partial charge >= 0.3 is 0 Å². The third-order valence-corrected chi connectivity index (χ3v) is 3.07. The number of carbonyl (C=O) groups excluding carboxylic acids is 1. The Bertz CT molecular complexity index is 643. The summed E-state index contributed by atoms with van der Waals surface area (Å²) in [6, 6.07) is 9.32. The SMILES string of the molecule is CCOc1cc(C=O)ccc1OCc1ccc(F)c(Cl)c1. The second-order valence-corrected chi connectivity index (χ2v) is 4.70. The fourth-order valence-corrected chi connectivity index (χ4v) is 1.98. The molecule has 0 radical (unpaired) electrons. The highest BCUT2D eigenvalue weighted by Crippen LogP contribution is 2.29. The van der Waals surface area contributed by atoms with Crippen LogP contribution in [0.3, 0.4) is 0 Å². The summed E-state index contributed by atoms with van der Waals surface area (Å²) in [4.78, 5) is 10.8. The summed E-state index contributed by atoms with van der Waals surface area (Å²) in [7, 11) is 0. The van der Waals surface area contributed by atoms with Gasteiger partial charge in [-0.2, -0.15) is 0 Å².